The van der Waals surface area contributed by atoms with Crippen LogP contribution in [-0.2, 0) is 11.3 Å². The lowest BCUT2D eigenvalue weighted by Crippen LogP contribution is -2.39. The molecule has 1 aromatic carbocycles. The number of ether oxygens (including phenoxy) is 1. The molecule has 4 nitrogen and oxygen atoms in total. The highest BCUT2D eigenvalue weighted by molar-refractivity contribution is 5.85. The Hall–Kier alpha value is -1.26. The van der Waals surface area contributed by atoms with Crippen LogP contribution in [0, 0.1) is 5.92 Å². The van der Waals surface area contributed by atoms with Crippen LogP contribution in [0.2, 0.25) is 0 Å². The summed E-state index contributed by atoms with van der Waals surface area (Å²) in [4.78, 5) is 14.1. The number of methoxy groups -OCH3 is 1. The number of nitrogens with two attached hydrogens (primary N) is 1. The van der Waals surface area contributed by atoms with Crippen molar-refractivity contribution in [1.29, 1.82) is 0 Å². The zero-order chi connectivity index (χ0) is 13.8. The van der Waals surface area contributed by atoms with Crippen LogP contribution in [0.4, 0.5) is 0 Å². The molecular formula is C15H23ClN2O2. The lowest BCUT2D eigenvalue weighted by molar-refractivity contribution is -0.134. The number of amides is 1. The summed E-state index contributed by atoms with van der Waals surface area (Å²) in [6.07, 6.45) is 2.93. The van der Waals surface area contributed by atoms with Gasteiger partial charge in [-0.1, -0.05) is 24.6 Å². The smallest absolute Gasteiger partial charge is 0.227 e. The molecule has 1 amide bonds. The molecule has 2 unspecified atom stereocenters. The molecule has 1 saturated carbocycles. The summed E-state index contributed by atoms with van der Waals surface area (Å²) in [5.41, 5.74) is 7.02. The van der Waals surface area contributed by atoms with Crippen molar-refractivity contribution in [3.05, 3.63) is 29.8 Å². The van der Waals surface area contributed by atoms with E-state index in [-0.39, 0.29) is 30.3 Å². The van der Waals surface area contributed by atoms with Gasteiger partial charge in [-0.05, 0) is 18.9 Å². The van der Waals surface area contributed by atoms with Crippen LogP contribution < -0.4 is 10.5 Å². The van der Waals surface area contributed by atoms with Crippen LogP contribution in [-0.4, -0.2) is 31.0 Å². The van der Waals surface area contributed by atoms with Crippen molar-refractivity contribution in [2.45, 2.75) is 31.8 Å². The molecule has 1 fully saturated rings. The second-order valence-electron chi connectivity index (χ2n) is 5.21. The Morgan fingerprint density at radius 2 is 2.10 bits per heavy atom. The average molecular weight is 299 g/mol. The number of halogens is 1. The van der Waals surface area contributed by atoms with Gasteiger partial charge in [-0.3, -0.25) is 4.79 Å². The van der Waals surface area contributed by atoms with E-state index < -0.39 is 0 Å². The van der Waals surface area contributed by atoms with Crippen molar-refractivity contribution < 1.29 is 9.53 Å². The van der Waals surface area contributed by atoms with E-state index in [1.165, 1.54) is 0 Å². The molecule has 5 heteroatoms. The minimum Gasteiger partial charge on any atom is -0.496 e. The van der Waals surface area contributed by atoms with E-state index in [2.05, 4.69) is 0 Å². The van der Waals surface area contributed by atoms with Gasteiger partial charge in [0.1, 0.15) is 5.75 Å². The largest absolute Gasteiger partial charge is 0.496 e. The van der Waals surface area contributed by atoms with E-state index >= 15 is 0 Å². The normalized spacial score (nSPS) is 21.1. The lowest BCUT2D eigenvalue weighted by Gasteiger charge is -2.24. The Kier molecular flexibility index (Phi) is 6.30. The maximum atomic E-state index is 12.4. The average Bonchev–Trinajstić information content (AvgIpc) is 2.84. The van der Waals surface area contributed by atoms with Crippen LogP contribution in [0.5, 0.6) is 5.75 Å². The SMILES string of the molecule is COc1ccccc1CN(C)C(=O)C1CCCC1N.Cl. The van der Waals surface area contributed by atoms with Crippen LogP contribution in [0.25, 0.3) is 0 Å². The molecule has 2 N–H and O–H groups in total. The van der Waals surface area contributed by atoms with Crippen molar-refractivity contribution in [3.63, 3.8) is 0 Å². The highest BCUT2D eigenvalue weighted by Crippen LogP contribution is 2.27. The third-order valence-electron chi connectivity index (χ3n) is 3.86. The molecule has 1 aromatic rings. The van der Waals surface area contributed by atoms with Gasteiger partial charge in [0, 0.05) is 25.2 Å². The highest BCUT2D eigenvalue weighted by atomic mass is 35.5. The van der Waals surface area contributed by atoms with Gasteiger partial charge in [-0.25, -0.2) is 0 Å². The molecule has 0 aromatic heterocycles. The number of hydrogen-bond acceptors (Lipinski definition) is 3. The fourth-order valence-electron chi connectivity index (χ4n) is 2.75. The Bertz CT molecular complexity index is 453. The third-order valence-corrected chi connectivity index (χ3v) is 3.86. The van der Waals surface area contributed by atoms with Crippen molar-refractivity contribution >= 4 is 18.3 Å². The van der Waals surface area contributed by atoms with Gasteiger partial charge in [0.25, 0.3) is 0 Å². The molecule has 0 heterocycles. The molecule has 20 heavy (non-hydrogen) atoms. The van der Waals surface area contributed by atoms with Crippen LogP contribution in [0.1, 0.15) is 24.8 Å². The maximum absolute atomic E-state index is 12.4. The highest BCUT2D eigenvalue weighted by Gasteiger charge is 2.32. The van der Waals surface area contributed by atoms with E-state index in [0.29, 0.717) is 6.54 Å². The molecule has 1 aliphatic carbocycles. The first-order valence-corrected chi connectivity index (χ1v) is 6.76. The van der Waals surface area contributed by atoms with Crippen molar-refractivity contribution in [1.82, 2.24) is 4.90 Å². The fraction of sp³-hybridized carbons (Fsp3) is 0.533. The summed E-state index contributed by atoms with van der Waals surface area (Å²) in [7, 11) is 3.48. The topological polar surface area (TPSA) is 55.6 Å². The molecule has 1 aliphatic rings. The number of carbonyl (C=O) groups excluding carboxylic acids is 1. The zero-order valence-corrected chi connectivity index (χ0v) is 12.9. The Morgan fingerprint density at radius 1 is 1.40 bits per heavy atom. The van der Waals surface area contributed by atoms with Crippen molar-refractivity contribution in [2.24, 2.45) is 11.7 Å². The van der Waals surface area contributed by atoms with Gasteiger partial charge in [0.2, 0.25) is 5.91 Å². The molecule has 112 valence electrons. The van der Waals surface area contributed by atoms with Gasteiger partial charge in [0.05, 0.1) is 13.0 Å². The minimum absolute atomic E-state index is 0. The molecule has 0 bridgehead atoms. The summed E-state index contributed by atoms with van der Waals surface area (Å²) in [6.45, 7) is 0.562. The van der Waals surface area contributed by atoms with E-state index in [0.717, 1.165) is 30.6 Å². The number of benzene rings is 1. The number of para-hydroxylation sites is 1. The Morgan fingerprint density at radius 3 is 2.70 bits per heavy atom. The van der Waals surface area contributed by atoms with Gasteiger partial charge in [0.15, 0.2) is 0 Å². The third kappa shape index (κ3) is 3.64. The zero-order valence-electron chi connectivity index (χ0n) is 12.0. The molecule has 2 rings (SSSR count). The fourth-order valence-corrected chi connectivity index (χ4v) is 2.75. The van der Waals surface area contributed by atoms with E-state index in [1.807, 2.05) is 31.3 Å². The van der Waals surface area contributed by atoms with Gasteiger partial charge in [-0.15, -0.1) is 12.4 Å². The van der Waals surface area contributed by atoms with E-state index in [1.54, 1.807) is 12.0 Å². The first-order chi connectivity index (χ1) is 9.13. The maximum Gasteiger partial charge on any atom is 0.227 e. The van der Waals surface area contributed by atoms with E-state index in [9.17, 15) is 4.79 Å². The quantitative estimate of drug-likeness (QED) is 0.927. The summed E-state index contributed by atoms with van der Waals surface area (Å²) in [5, 5.41) is 0. The predicted octanol–water partition coefficient (Wildman–Crippen LogP) is 2.20. The number of hydrogen-bond donors (Lipinski definition) is 1. The first kappa shape index (κ1) is 16.8. The summed E-state index contributed by atoms with van der Waals surface area (Å²) >= 11 is 0. The standard InChI is InChI=1S/C15H22N2O2.ClH/c1-17(15(18)12-7-5-8-13(12)16)10-11-6-3-4-9-14(11)19-2;/h3-4,6,9,12-13H,5,7-8,10,16H2,1-2H3;1H. The van der Waals surface area contributed by atoms with Crippen molar-refractivity contribution in [3.8, 4) is 5.75 Å². The van der Waals surface area contributed by atoms with Gasteiger partial charge in [-0.2, -0.15) is 0 Å². The second-order valence-corrected chi connectivity index (χ2v) is 5.21. The lowest BCUT2D eigenvalue weighted by atomic mass is 10.0. The summed E-state index contributed by atoms with van der Waals surface area (Å²) < 4.78 is 5.31. The Labute approximate surface area is 126 Å². The number of carbonyl (C=O) groups is 1. The van der Waals surface area contributed by atoms with Crippen LogP contribution >= 0.6 is 12.4 Å². The van der Waals surface area contributed by atoms with Crippen molar-refractivity contribution in [2.75, 3.05) is 14.2 Å². The van der Waals surface area contributed by atoms with Crippen LogP contribution in [0.3, 0.4) is 0 Å². The second kappa shape index (κ2) is 7.50. The molecular weight excluding hydrogens is 276 g/mol. The monoisotopic (exact) mass is 298 g/mol. The van der Waals surface area contributed by atoms with Crippen LogP contribution in [0.15, 0.2) is 24.3 Å². The Balaban J connectivity index is 0.00000200. The molecule has 2 atom stereocenters. The van der Waals surface area contributed by atoms with E-state index in [4.69, 9.17) is 10.5 Å². The molecule has 0 radical (unpaired) electrons. The molecule has 0 aliphatic heterocycles. The minimum atomic E-state index is -0.0142. The molecule has 0 saturated heterocycles. The first-order valence-electron chi connectivity index (χ1n) is 6.76. The summed E-state index contributed by atoms with van der Waals surface area (Å²) in [6, 6.07) is 7.80. The van der Waals surface area contributed by atoms with Gasteiger partial charge >= 0.3 is 0 Å². The van der Waals surface area contributed by atoms with Gasteiger partial charge < -0.3 is 15.4 Å². The number of nitrogens with zero attached hydrogens (tertiary/aromatic N) is 1. The number of rotatable bonds is 4. The summed E-state index contributed by atoms with van der Waals surface area (Å²) in [5.74, 6) is 0.952. The molecule has 0 spiro atoms. The predicted molar refractivity (Wildman–Crippen MR) is 82.0 cm³/mol.